The predicted molar refractivity (Wildman–Crippen MR) is 59.1 cm³/mol. The summed E-state index contributed by atoms with van der Waals surface area (Å²) in [6.07, 6.45) is -2.03. The quantitative estimate of drug-likeness (QED) is 0.904. The largest absolute Gasteiger partial charge is 0.573 e. The number of anilines is 1. The monoisotopic (exact) mass is 259 g/mol. The normalized spacial score (nSPS) is 15.9. The molecule has 1 amide bonds. The average Bonchev–Trinajstić information content (AvgIpc) is 2.11. The van der Waals surface area contributed by atoms with Gasteiger partial charge in [0.25, 0.3) is 0 Å². The zero-order chi connectivity index (χ0) is 13.2. The molecule has 1 aliphatic rings. The van der Waals surface area contributed by atoms with E-state index in [0.717, 1.165) is 25.3 Å². The van der Waals surface area contributed by atoms with Gasteiger partial charge in [0.15, 0.2) is 0 Å². The molecule has 0 bridgehead atoms. The van der Waals surface area contributed by atoms with Gasteiger partial charge in [-0.15, -0.1) is 13.2 Å². The summed E-state index contributed by atoms with van der Waals surface area (Å²) in [7, 11) is 0. The third-order valence-electron chi connectivity index (χ3n) is 2.81. The smallest absolute Gasteiger partial charge is 0.406 e. The van der Waals surface area contributed by atoms with E-state index in [1.165, 1.54) is 18.2 Å². The first-order valence-electron chi connectivity index (χ1n) is 5.61. The van der Waals surface area contributed by atoms with Crippen molar-refractivity contribution in [3.05, 3.63) is 24.3 Å². The van der Waals surface area contributed by atoms with Crippen molar-refractivity contribution in [1.82, 2.24) is 0 Å². The number of rotatable bonds is 3. The van der Waals surface area contributed by atoms with Crippen LogP contribution < -0.4 is 10.1 Å². The first-order chi connectivity index (χ1) is 8.44. The highest BCUT2D eigenvalue weighted by Crippen LogP contribution is 2.29. The fraction of sp³-hybridized carbons (Fsp3) is 0.417. The maximum Gasteiger partial charge on any atom is 0.573 e. The molecule has 18 heavy (non-hydrogen) atoms. The van der Waals surface area contributed by atoms with E-state index in [-0.39, 0.29) is 17.6 Å². The Kier molecular flexibility index (Phi) is 3.45. The fourth-order valence-electron chi connectivity index (χ4n) is 1.69. The van der Waals surface area contributed by atoms with Gasteiger partial charge in [0.2, 0.25) is 5.91 Å². The first-order valence-corrected chi connectivity index (χ1v) is 5.61. The van der Waals surface area contributed by atoms with Gasteiger partial charge in [-0.25, -0.2) is 0 Å². The van der Waals surface area contributed by atoms with Gasteiger partial charge in [0, 0.05) is 17.7 Å². The molecule has 98 valence electrons. The van der Waals surface area contributed by atoms with Crippen LogP contribution >= 0.6 is 0 Å². The van der Waals surface area contributed by atoms with E-state index in [4.69, 9.17) is 0 Å². The van der Waals surface area contributed by atoms with Crippen molar-refractivity contribution in [2.75, 3.05) is 5.32 Å². The van der Waals surface area contributed by atoms with Gasteiger partial charge in [-0.2, -0.15) is 0 Å². The molecule has 0 spiro atoms. The summed E-state index contributed by atoms with van der Waals surface area (Å²) >= 11 is 0. The highest BCUT2D eigenvalue weighted by Gasteiger charge is 2.31. The van der Waals surface area contributed by atoms with Crippen molar-refractivity contribution in [3.8, 4) is 5.75 Å². The second-order valence-electron chi connectivity index (χ2n) is 4.19. The minimum atomic E-state index is -4.73. The third-order valence-corrected chi connectivity index (χ3v) is 2.81. The first kappa shape index (κ1) is 12.7. The third kappa shape index (κ3) is 3.38. The Labute approximate surface area is 102 Å². The molecule has 6 heteroatoms. The summed E-state index contributed by atoms with van der Waals surface area (Å²) in [5.41, 5.74) is 0.314. The highest BCUT2D eigenvalue weighted by atomic mass is 19.4. The second-order valence-corrected chi connectivity index (χ2v) is 4.19. The lowest BCUT2D eigenvalue weighted by molar-refractivity contribution is -0.274. The van der Waals surface area contributed by atoms with Crippen LogP contribution in [0.25, 0.3) is 0 Å². The maximum absolute atomic E-state index is 12.0. The zero-order valence-corrected chi connectivity index (χ0v) is 9.46. The van der Waals surface area contributed by atoms with Crippen LogP contribution in [0.1, 0.15) is 19.3 Å². The summed E-state index contributed by atoms with van der Waals surface area (Å²) < 4.78 is 39.8. The highest BCUT2D eigenvalue weighted by molar-refractivity contribution is 5.93. The molecule has 2 rings (SSSR count). The van der Waals surface area contributed by atoms with Crippen molar-refractivity contribution < 1.29 is 22.7 Å². The number of nitrogens with one attached hydrogen (secondary N) is 1. The molecule has 0 unspecified atom stereocenters. The molecule has 1 aromatic rings. The maximum atomic E-state index is 12.0. The number of hydrogen-bond acceptors (Lipinski definition) is 2. The Morgan fingerprint density at radius 1 is 1.33 bits per heavy atom. The van der Waals surface area contributed by atoms with E-state index in [1.54, 1.807) is 0 Å². The lowest BCUT2D eigenvalue weighted by Gasteiger charge is -2.24. The van der Waals surface area contributed by atoms with Crippen LogP contribution in [0, 0.1) is 5.92 Å². The van der Waals surface area contributed by atoms with Crippen LogP contribution in [0.5, 0.6) is 5.75 Å². The summed E-state index contributed by atoms with van der Waals surface area (Å²) in [6, 6.07) is 5.27. The van der Waals surface area contributed by atoms with Crippen molar-refractivity contribution in [2.24, 2.45) is 5.92 Å². The number of halogens is 3. The number of benzene rings is 1. The summed E-state index contributed by atoms with van der Waals surface area (Å²) in [6.45, 7) is 0. The van der Waals surface area contributed by atoms with Crippen molar-refractivity contribution in [3.63, 3.8) is 0 Å². The van der Waals surface area contributed by atoms with E-state index in [1.807, 2.05) is 0 Å². The molecular formula is C12H12F3NO2. The van der Waals surface area contributed by atoms with Crippen LogP contribution in [-0.4, -0.2) is 12.3 Å². The van der Waals surface area contributed by atoms with Crippen molar-refractivity contribution in [2.45, 2.75) is 25.6 Å². The molecule has 0 aliphatic heterocycles. The number of alkyl halides is 3. The van der Waals surface area contributed by atoms with E-state index in [9.17, 15) is 18.0 Å². The Morgan fingerprint density at radius 2 is 2.06 bits per heavy atom. The minimum Gasteiger partial charge on any atom is -0.406 e. The number of ether oxygens (including phenoxy) is 1. The number of amides is 1. The molecule has 0 atom stereocenters. The Hall–Kier alpha value is -1.72. The number of hydrogen-bond donors (Lipinski definition) is 1. The Bertz CT molecular complexity index is 441. The van der Waals surface area contributed by atoms with Crippen LogP contribution in [-0.2, 0) is 4.79 Å². The molecule has 1 fully saturated rings. The lowest BCUT2D eigenvalue weighted by Crippen LogP contribution is -2.28. The molecule has 1 aromatic carbocycles. The molecule has 0 saturated heterocycles. The number of carbonyl (C=O) groups excluding carboxylic acids is 1. The van der Waals surface area contributed by atoms with Gasteiger partial charge in [0.1, 0.15) is 5.75 Å². The lowest BCUT2D eigenvalue weighted by atomic mass is 9.85. The molecule has 0 radical (unpaired) electrons. The van der Waals surface area contributed by atoms with Gasteiger partial charge in [-0.1, -0.05) is 12.5 Å². The van der Waals surface area contributed by atoms with E-state index in [0.29, 0.717) is 5.69 Å². The Balaban J connectivity index is 2.00. The second kappa shape index (κ2) is 4.88. The zero-order valence-electron chi connectivity index (χ0n) is 9.46. The topological polar surface area (TPSA) is 38.3 Å². The van der Waals surface area contributed by atoms with Gasteiger partial charge in [0.05, 0.1) is 0 Å². The van der Waals surface area contributed by atoms with Crippen molar-refractivity contribution >= 4 is 11.6 Å². The molecule has 1 saturated carbocycles. The summed E-state index contributed by atoms with van der Waals surface area (Å²) in [5, 5.41) is 2.58. The summed E-state index contributed by atoms with van der Waals surface area (Å²) in [4.78, 5) is 11.6. The van der Waals surface area contributed by atoms with Gasteiger partial charge in [-0.3, -0.25) is 4.79 Å². The van der Waals surface area contributed by atoms with Gasteiger partial charge < -0.3 is 10.1 Å². The Morgan fingerprint density at radius 3 is 2.61 bits per heavy atom. The van der Waals surface area contributed by atoms with E-state index in [2.05, 4.69) is 10.1 Å². The standard InChI is InChI=1S/C12H12F3NO2/c13-12(14,15)18-10-6-2-5-9(7-10)16-11(17)8-3-1-4-8/h2,5-8H,1,3-4H2,(H,16,17). The fourth-order valence-corrected chi connectivity index (χ4v) is 1.69. The predicted octanol–water partition coefficient (Wildman–Crippen LogP) is 3.32. The number of carbonyl (C=O) groups is 1. The summed E-state index contributed by atoms with van der Waals surface area (Å²) in [5.74, 6) is -0.503. The van der Waals surface area contributed by atoms with Crippen LogP contribution in [0.3, 0.4) is 0 Å². The van der Waals surface area contributed by atoms with Crippen LogP contribution in [0.15, 0.2) is 24.3 Å². The minimum absolute atomic E-state index is 0.0165. The van der Waals surface area contributed by atoms with Crippen LogP contribution in [0.2, 0.25) is 0 Å². The van der Waals surface area contributed by atoms with E-state index >= 15 is 0 Å². The van der Waals surface area contributed by atoms with Gasteiger partial charge in [-0.05, 0) is 25.0 Å². The SMILES string of the molecule is O=C(Nc1cccc(OC(F)(F)F)c1)C1CCC1. The molecule has 0 aromatic heterocycles. The molecular weight excluding hydrogens is 247 g/mol. The van der Waals surface area contributed by atoms with Crippen molar-refractivity contribution in [1.29, 1.82) is 0 Å². The van der Waals surface area contributed by atoms with E-state index < -0.39 is 6.36 Å². The van der Waals surface area contributed by atoms with Gasteiger partial charge >= 0.3 is 6.36 Å². The molecule has 1 N–H and O–H groups in total. The average molecular weight is 259 g/mol. The molecule has 1 aliphatic carbocycles. The molecule has 0 heterocycles. The molecule has 3 nitrogen and oxygen atoms in total. The van der Waals surface area contributed by atoms with Crippen LogP contribution in [0.4, 0.5) is 18.9 Å².